The first-order chi connectivity index (χ1) is 14.5. The predicted molar refractivity (Wildman–Crippen MR) is 121 cm³/mol. The van der Waals surface area contributed by atoms with Crippen molar-refractivity contribution in [2.24, 2.45) is 11.8 Å². The van der Waals surface area contributed by atoms with E-state index in [2.05, 4.69) is 40.6 Å². The molecule has 4 rings (SSSR count). The third kappa shape index (κ3) is 4.48. The summed E-state index contributed by atoms with van der Waals surface area (Å²) in [6.45, 7) is 9.16. The van der Waals surface area contributed by atoms with E-state index in [1.165, 1.54) is 0 Å². The van der Waals surface area contributed by atoms with Gasteiger partial charge in [-0.15, -0.1) is 0 Å². The van der Waals surface area contributed by atoms with E-state index in [0.717, 1.165) is 55.1 Å². The van der Waals surface area contributed by atoms with Crippen LogP contribution >= 0.6 is 0 Å². The zero-order chi connectivity index (χ0) is 21.1. The van der Waals surface area contributed by atoms with Crippen molar-refractivity contribution in [1.82, 2.24) is 15.0 Å². The van der Waals surface area contributed by atoms with E-state index in [1.54, 1.807) is 6.20 Å². The first-order valence-corrected chi connectivity index (χ1v) is 10.9. The molecule has 0 aliphatic carbocycles. The fourth-order valence-electron chi connectivity index (χ4n) is 3.81. The number of piperidine rings is 1. The molecule has 1 aliphatic heterocycles. The fraction of sp³-hybridized carbons (Fsp3) is 0.458. The number of hydrogen-bond acceptors (Lipinski definition) is 5. The van der Waals surface area contributed by atoms with Crippen LogP contribution in [-0.2, 0) is 0 Å². The van der Waals surface area contributed by atoms with Crippen LogP contribution in [0.4, 0.5) is 5.95 Å². The lowest BCUT2D eigenvalue weighted by Crippen LogP contribution is -2.35. The van der Waals surface area contributed by atoms with Gasteiger partial charge in [0.15, 0.2) is 5.65 Å². The van der Waals surface area contributed by atoms with Crippen molar-refractivity contribution in [3.63, 3.8) is 0 Å². The highest BCUT2D eigenvalue weighted by Gasteiger charge is 2.19. The number of benzene rings is 1. The second kappa shape index (κ2) is 8.86. The number of fused-ring (bicyclic) bond motifs is 1. The van der Waals surface area contributed by atoms with Crippen molar-refractivity contribution in [1.29, 1.82) is 0 Å². The van der Waals surface area contributed by atoms with Crippen LogP contribution in [-0.4, -0.2) is 34.6 Å². The highest BCUT2D eigenvalue weighted by molar-refractivity contribution is 5.92. The van der Waals surface area contributed by atoms with E-state index in [9.17, 15) is 4.79 Å². The molecule has 30 heavy (non-hydrogen) atoms. The number of rotatable bonds is 6. The Kier molecular flexibility index (Phi) is 6.02. The van der Waals surface area contributed by atoms with Gasteiger partial charge in [-0.2, -0.15) is 4.98 Å². The van der Waals surface area contributed by atoms with Gasteiger partial charge in [0, 0.05) is 19.3 Å². The van der Waals surface area contributed by atoms with Crippen LogP contribution in [0.1, 0.15) is 40.0 Å². The molecule has 0 amide bonds. The smallest absolute Gasteiger partial charge is 0.262 e. The zero-order valence-electron chi connectivity index (χ0n) is 18.0. The van der Waals surface area contributed by atoms with Crippen LogP contribution in [0.2, 0.25) is 0 Å². The second-order valence-corrected chi connectivity index (χ2v) is 8.67. The number of nitrogens with zero attached hydrogens (tertiary/aromatic N) is 3. The summed E-state index contributed by atoms with van der Waals surface area (Å²) >= 11 is 0. The second-order valence-electron chi connectivity index (χ2n) is 8.67. The first-order valence-electron chi connectivity index (χ1n) is 10.9. The van der Waals surface area contributed by atoms with Crippen LogP contribution in [0.5, 0.6) is 5.75 Å². The predicted octanol–water partition coefficient (Wildman–Crippen LogP) is 4.65. The number of aromatic amines is 1. The third-order valence-electron chi connectivity index (χ3n) is 5.81. The molecular formula is C24H30N4O2. The minimum Gasteiger partial charge on any atom is -0.494 e. The Morgan fingerprint density at radius 3 is 2.60 bits per heavy atom. The molecule has 6 nitrogen and oxygen atoms in total. The number of H-pyrrole nitrogens is 1. The highest BCUT2D eigenvalue weighted by atomic mass is 16.5. The Hall–Kier alpha value is -2.89. The Balaban J connectivity index is 1.61. The lowest BCUT2D eigenvalue weighted by Gasteiger charge is -2.30. The summed E-state index contributed by atoms with van der Waals surface area (Å²) in [5.41, 5.74) is 2.13. The molecule has 3 aromatic rings. The molecule has 1 aromatic carbocycles. The number of aromatic nitrogens is 3. The summed E-state index contributed by atoms with van der Waals surface area (Å²) in [7, 11) is 0. The van der Waals surface area contributed by atoms with Gasteiger partial charge < -0.3 is 9.64 Å². The maximum Gasteiger partial charge on any atom is 0.262 e. The summed E-state index contributed by atoms with van der Waals surface area (Å²) in [4.78, 5) is 27.2. The number of pyridine rings is 1. The van der Waals surface area contributed by atoms with Crippen molar-refractivity contribution in [3.8, 4) is 16.9 Å². The molecule has 0 radical (unpaired) electrons. The molecule has 1 N–H and O–H groups in total. The molecule has 3 heterocycles. The van der Waals surface area contributed by atoms with Gasteiger partial charge in [-0.1, -0.05) is 32.9 Å². The van der Waals surface area contributed by atoms with Gasteiger partial charge >= 0.3 is 0 Å². The van der Waals surface area contributed by atoms with Gasteiger partial charge in [0.1, 0.15) is 5.75 Å². The first kappa shape index (κ1) is 20.4. The van der Waals surface area contributed by atoms with E-state index >= 15 is 0 Å². The van der Waals surface area contributed by atoms with Gasteiger partial charge in [0.05, 0.1) is 12.0 Å². The molecule has 0 spiro atoms. The number of hydrogen-bond donors (Lipinski definition) is 1. The maximum absolute atomic E-state index is 13.0. The van der Waals surface area contributed by atoms with E-state index < -0.39 is 0 Å². The molecule has 0 unspecified atom stereocenters. The molecule has 2 aromatic heterocycles. The van der Waals surface area contributed by atoms with Crippen molar-refractivity contribution < 1.29 is 4.74 Å². The largest absolute Gasteiger partial charge is 0.494 e. The van der Waals surface area contributed by atoms with Gasteiger partial charge in [0.2, 0.25) is 5.95 Å². The average molecular weight is 407 g/mol. The van der Waals surface area contributed by atoms with E-state index in [4.69, 9.17) is 4.74 Å². The molecule has 0 atom stereocenters. The Morgan fingerprint density at radius 1 is 1.17 bits per heavy atom. The van der Waals surface area contributed by atoms with Crippen LogP contribution in [0.25, 0.3) is 22.2 Å². The van der Waals surface area contributed by atoms with Crippen LogP contribution < -0.4 is 15.2 Å². The molecule has 158 valence electrons. The average Bonchev–Trinajstić information content (AvgIpc) is 2.74. The van der Waals surface area contributed by atoms with Gasteiger partial charge in [0.25, 0.3) is 5.56 Å². The quantitative estimate of drug-likeness (QED) is 0.645. The lowest BCUT2D eigenvalue weighted by atomic mass is 10.00. The van der Waals surface area contributed by atoms with Crippen LogP contribution in [0, 0.1) is 11.8 Å². The summed E-state index contributed by atoms with van der Waals surface area (Å²) < 4.78 is 5.81. The van der Waals surface area contributed by atoms with Crippen molar-refractivity contribution in [2.45, 2.75) is 40.0 Å². The van der Waals surface area contributed by atoms with Crippen LogP contribution in [0.3, 0.4) is 0 Å². The van der Waals surface area contributed by atoms with E-state index in [1.807, 2.05) is 30.3 Å². The molecular weight excluding hydrogens is 376 g/mol. The minimum absolute atomic E-state index is 0.144. The summed E-state index contributed by atoms with van der Waals surface area (Å²) in [6, 6.07) is 9.74. The van der Waals surface area contributed by atoms with E-state index in [0.29, 0.717) is 29.5 Å². The molecule has 0 saturated carbocycles. The van der Waals surface area contributed by atoms with E-state index in [-0.39, 0.29) is 5.56 Å². The number of anilines is 1. The van der Waals surface area contributed by atoms with Crippen LogP contribution in [0.15, 0.2) is 41.3 Å². The Labute approximate surface area is 177 Å². The third-order valence-corrected chi connectivity index (χ3v) is 5.81. The summed E-state index contributed by atoms with van der Waals surface area (Å²) in [6.07, 6.45) is 4.97. The number of ether oxygens (including phenoxy) is 1. The van der Waals surface area contributed by atoms with Gasteiger partial charge in [-0.25, -0.2) is 4.98 Å². The van der Waals surface area contributed by atoms with Gasteiger partial charge in [-0.3, -0.25) is 9.78 Å². The molecule has 6 heteroatoms. The van der Waals surface area contributed by atoms with Crippen molar-refractivity contribution in [3.05, 3.63) is 46.9 Å². The zero-order valence-corrected chi connectivity index (χ0v) is 18.0. The van der Waals surface area contributed by atoms with Crippen molar-refractivity contribution in [2.75, 3.05) is 24.6 Å². The monoisotopic (exact) mass is 406 g/mol. The molecule has 1 aliphatic rings. The SMILES string of the molecule is CC(C)CCOc1ccc(-c2ccnc3nc(N4CCC(C)CC4)[nH]c(=O)c23)cc1. The Morgan fingerprint density at radius 2 is 1.90 bits per heavy atom. The number of nitrogens with one attached hydrogen (secondary N) is 1. The fourth-order valence-corrected chi connectivity index (χ4v) is 3.81. The highest BCUT2D eigenvalue weighted by Crippen LogP contribution is 2.27. The lowest BCUT2D eigenvalue weighted by molar-refractivity contribution is 0.289. The molecule has 0 bridgehead atoms. The van der Waals surface area contributed by atoms with Crippen molar-refractivity contribution >= 4 is 17.0 Å². The standard InChI is InChI=1S/C24H30N4O2/c1-16(2)11-15-30-19-6-4-18(5-7-19)20-8-12-25-22-21(20)23(29)27-24(26-22)28-13-9-17(3)10-14-28/h4-8,12,16-17H,9-11,13-15H2,1-3H3,(H,25,26,27,29). The Bertz CT molecular complexity index is 1050. The van der Waals surface area contributed by atoms with Gasteiger partial charge in [-0.05, 0) is 60.4 Å². The summed E-state index contributed by atoms with van der Waals surface area (Å²) in [5, 5.41) is 0.528. The summed E-state index contributed by atoms with van der Waals surface area (Å²) in [5.74, 6) is 2.80. The molecule has 1 saturated heterocycles. The topological polar surface area (TPSA) is 71.1 Å². The normalized spacial score (nSPS) is 15.1. The minimum atomic E-state index is -0.144. The molecule has 1 fully saturated rings. The maximum atomic E-state index is 13.0.